The summed E-state index contributed by atoms with van der Waals surface area (Å²) in [5.74, 6) is 3.69. The number of hydrogen-bond acceptors (Lipinski definition) is 3. The lowest BCUT2D eigenvalue weighted by Gasteiger charge is -2.17. The predicted octanol–water partition coefficient (Wildman–Crippen LogP) is 1.03. The molecular formula is C13H15N3O. The van der Waals surface area contributed by atoms with Gasteiger partial charge in [0.2, 0.25) is 5.91 Å². The number of carbonyl (C=O) groups is 1. The number of rotatable bonds is 3. The molecule has 2 N–H and O–H groups in total. The molecule has 1 aromatic heterocycles. The van der Waals surface area contributed by atoms with Gasteiger partial charge in [0, 0.05) is 25.7 Å². The molecule has 4 heteroatoms. The molecule has 0 spiro atoms. The number of carbonyl (C=O) groups excluding carboxylic acids is 1. The average Bonchev–Trinajstić information content (AvgIpc) is 2.78. The van der Waals surface area contributed by atoms with Gasteiger partial charge in [-0.3, -0.25) is 4.79 Å². The fraction of sp³-hybridized carbons (Fsp3) is 0.385. The summed E-state index contributed by atoms with van der Waals surface area (Å²) in [6, 6.07) is 3.54. The first kappa shape index (κ1) is 11.5. The smallest absolute Gasteiger partial charge is 0.250 e. The van der Waals surface area contributed by atoms with Gasteiger partial charge in [0.15, 0.2) is 0 Å². The number of nitrogens with two attached hydrogens (primary N) is 1. The van der Waals surface area contributed by atoms with E-state index in [0.717, 1.165) is 31.7 Å². The molecule has 1 aliphatic heterocycles. The molecule has 1 aromatic rings. The second-order valence-electron chi connectivity index (χ2n) is 4.28. The van der Waals surface area contributed by atoms with Crippen molar-refractivity contribution < 1.29 is 4.79 Å². The summed E-state index contributed by atoms with van der Waals surface area (Å²) in [4.78, 5) is 17.4. The Kier molecular flexibility index (Phi) is 3.29. The van der Waals surface area contributed by atoms with Crippen molar-refractivity contribution in [3.63, 3.8) is 0 Å². The first-order valence-electron chi connectivity index (χ1n) is 5.65. The number of nitrogens with zero attached hydrogens (tertiary/aromatic N) is 2. The van der Waals surface area contributed by atoms with Crippen molar-refractivity contribution in [2.75, 3.05) is 18.0 Å². The summed E-state index contributed by atoms with van der Waals surface area (Å²) in [5.41, 5.74) is 5.60. The molecule has 1 saturated heterocycles. The molecular weight excluding hydrogens is 214 g/mol. The molecule has 88 valence electrons. The summed E-state index contributed by atoms with van der Waals surface area (Å²) in [5, 5.41) is 0. The minimum Gasteiger partial charge on any atom is -0.366 e. The van der Waals surface area contributed by atoms with Gasteiger partial charge in [-0.1, -0.05) is 0 Å². The van der Waals surface area contributed by atoms with Gasteiger partial charge in [-0.2, -0.15) is 0 Å². The van der Waals surface area contributed by atoms with E-state index < -0.39 is 5.91 Å². The maximum absolute atomic E-state index is 10.9. The Morgan fingerprint density at radius 1 is 1.65 bits per heavy atom. The van der Waals surface area contributed by atoms with Gasteiger partial charge in [-0.05, 0) is 24.5 Å². The van der Waals surface area contributed by atoms with Crippen LogP contribution in [0.3, 0.4) is 0 Å². The number of hydrogen-bond donors (Lipinski definition) is 1. The summed E-state index contributed by atoms with van der Waals surface area (Å²) < 4.78 is 0. The van der Waals surface area contributed by atoms with Crippen molar-refractivity contribution in [1.29, 1.82) is 0 Å². The zero-order valence-electron chi connectivity index (χ0n) is 9.60. The van der Waals surface area contributed by atoms with Crippen molar-refractivity contribution in [2.45, 2.75) is 12.8 Å². The van der Waals surface area contributed by atoms with Crippen molar-refractivity contribution in [2.24, 2.45) is 11.7 Å². The van der Waals surface area contributed by atoms with E-state index in [1.807, 2.05) is 6.07 Å². The van der Waals surface area contributed by atoms with Gasteiger partial charge in [-0.25, -0.2) is 4.98 Å². The van der Waals surface area contributed by atoms with E-state index in [4.69, 9.17) is 12.2 Å². The Labute approximate surface area is 101 Å². The molecule has 0 radical (unpaired) electrons. The number of terminal acetylenes is 1. The SMILES string of the molecule is C#CC[C@@H]1CCN(c2ccc(C(N)=O)cn2)C1. The summed E-state index contributed by atoms with van der Waals surface area (Å²) >= 11 is 0. The van der Waals surface area contributed by atoms with Crippen LogP contribution in [0.2, 0.25) is 0 Å². The van der Waals surface area contributed by atoms with Crippen molar-refractivity contribution in [1.82, 2.24) is 4.98 Å². The van der Waals surface area contributed by atoms with Crippen LogP contribution in [0.25, 0.3) is 0 Å². The normalized spacial score (nSPS) is 19.0. The highest BCUT2D eigenvalue weighted by Gasteiger charge is 2.22. The van der Waals surface area contributed by atoms with Crippen LogP contribution >= 0.6 is 0 Å². The maximum atomic E-state index is 10.9. The van der Waals surface area contributed by atoms with Gasteiger partial charge in [0.1, 0.15) is 5.82 Å². The van der Waals surface area contributed by atoms with Crippen molar-refractivity contribution >= 4 is 11.7 Å². The summed E-state index contributed by atoms with van der Waals surface area (Å²) in [6.45, 7) is 1.91. The minimum atomic E-state index is -0.448. The van der Waals surface area contributed by atoms with Gasteiger partial charge >= 0.3 is 0 Å². The lowest BCUT2D eigenvalue weighted by atomic mass is 10.1. The topological polar surface area (TPSA) is 59.2 Å². The molecule has 0 aromatic carbocycles. The molecule has 17 heavy (non-hydrogen) atoms. The fourth-order valence-corrected chi connectivity index (χ4v) is 2.09. The first-order chi connectivity index (χ1) is 8.20. The van der Waals surface area contributed by atoms with Gasteiger partial charge < -0.3 is 10.6 Å². The monoisotopic (exact) mass is 229 g/mol. The van der Waals surface area contributed by atoms with Gasteiger partial charge in [0.05, 0.1) is 5.56 Å². The molecule has 1 fully saturated rings. The summed E-state index contributed by atoms with van der Waals surface area (Å²) in [7, 11) is 0. The average molecular weight is 229 g/mol. The second-order valence-corrected chi connectivity index (χ2v) is 4.28. The van der Waals surface area contributed by atoms with E-state index in [1.54, 1.807) is 6.07 Å². The zero-order valence-corrected chi connectivity index (χ0v) is 9.60. The molecule has 0 saturated carbocycles. The third kappa shape index (κ3) is 2.56. The van der Waals surface area contributed by atoms with E-state index in [2.05, 4.69) is 15.8 Å². The molecule has 0 aliphatic carbocycles. The zero-order chi connectivity index (χ0) is 12.3. The second kappa shape index (κ2) is 4.88. The van der Waals surface area contributed by atoms with E-state index in [-0.39, 0.29) is 0 Å². The highest BCUT2D eigenvalue weighted by Crippen LogP contribution is 2.23. The lowest BCUT2D eigenvalue weighted by molar-refractivity contribution is 0.1000. The summed E-state index contributed by atoms with van der Waals surface area (Å²) in [6.07, 6.45) is 8.75. The van der Waals surface area contributed by atoms with Gasteiger partial charge in [-0.15, -0.1) is 12.3 Å². The van der Waals surface area contributed by atoms with E-state index >= 15 is 0 Å². The predicted molar refractivity (Wildman–Crippen MR) is 66.5 cm³/mol. The number of aromatic nitrogens is 1. The number of amides is 1. The standard InChI is InChI=1S/C13H15N3O/c1-2-3-10-6-7-16(9-10)12-5-4-11(8-15-12)13(14)17/h1,4-5,8,10H,3,6-7,9H2,(H2,14,17)/t10-/m1/s1. The van der Waals surface area contributed by atoms with Crippen LogP contribution in [0.5, 0.6) is 0 Å². The highest BCUT2D eigenvalue weighted by atomic mass is 16.1. The van der Waals surface area contributed by atoms with Crippen LogP contribution < -0.4 is 10.6 Å². The molecule has 1 aliphatic rings. The van der Waals surface area contributed by atoms with Crippen LogP contribution in [0.4, 0.5) is 5.82 Å². The molecule has 0 unspecified atom stereocenters. The number of anilines is 1. The third-order valence-electron chi connectivity index (χ3n) is 3.05. The van der Waals surface area contributed by atoms with E-state index in [9.17, 15) is 4.79 Å². The third-order valence-corrected chi connectivity index (χ3v) is 3.05. The Morgan fingerprint density at radius 3 is 3.06 bits per heavy atom. The lowest BCUT2D eigenvalue weighted by Crippen LogP contribution is -2.21. The Hall–Kier alpha value is -2.02. The first-order valence-corrected chi connectivity index (χ1v) is 5.65. The molecule has 1 amide bonds. The van der Waals surface area contributed by atoms with Crippen LogP contribution in [-0.2, 0) is 0 Å². The van der Waals surface area contributed by atoms with Crippen LogP contribution in [0.1, 0.15) is 23.2 Å². The van der Waals surface area contributed by atoms with Crippen LogP contribution in [0, 0.1) is 18.3 Å². The highest BCUT2D eigenvalue weighted by molar-refractivity contribution is 5.92. The van der Waals surface area contributed by atoms with E-state index in [0.29, 0.717) is 11.5 Å². The fourth-order valence-electron chi connectivity index (χ4n) is 2.09. The van der Waals surface area contributed by atoms with E-state index in [1.165, 1.54) is 6.20 Å². The van der Waals surface area contributed by atoms with Crippen LogP contribution in [-0.4, -0.2) is 24.0 Å². The molecule has 4 nitrogen and oxygen atoms in total. The Morgan fingerprint density at radius 2 is 2.47 bits per heavy atom. The number of pyridine rings is 1. The largest absolute Gasteiger partial charge is 0.366 e. The minimum absolute atomic E-state index is 0.438. The van der Waals surface area contributed by atoms with Gasteiger partial charge in [0.25, 0.3) is 0 Å². The molecule has 2 rings (SSSR count). The van der Waals surface area contributed by atoms with Crippen molar-refractivity contribution in [3.8, 4) is 12.3 Å². The molecule has 2 heterocycles. The number of primary amides is 1. The maximum Gasteiger partial charge on any atom is 0.250 e. The Bertz CT molecular complexity index is 447. The van der Waals surface area contributed by atoms with Crippen molar-refractivity contribution in [3.05, 3.63) is 23.9 Å². The quantitative estimate of drug-likeness (QED) is 0.787. The Balaban J connectivity index is 2.04. The van der Waals surface area contributed by atoms with Crippen LogP contribution in [0.15, 0.2) is 18.3 Å². The molecule has 1 atom stereocenters. The molecule has 0 bridgehead atoms.